The summed E-state index contributed by atoms with van der Waals surface area (Å²) in [5.41, 5.74) is 18.6. The molecule has 0 saturated carbocycles. The van der Waals surface area contributed by atoms with E-state index in [1.54, 1.807) is 16.7 Å². The lowest BCUT2D eigenvalue weighted by atomic mass is 9.33. The molecule has 0 amide bonds. The molecule has 0 aliphatic carbocycles. The molecule has 0 atom stereocenters. The van der Waals surface area contributed by atoms with Crippen LogP contribution in [0.3, 0.4) is 0 Å². The average Bonchev–Trinajstić information content (AvgIpc) is 1.66. The predicted octanol–water partition coefficient (Wildman–Crippen LogP) is 24.2. The summed E-state index contributed by atoms with van der Waals surface area (Å²) in [6.45, 7) is 12.6. The summed E-state index contributed by atoms with van der Waals surface area (Å²) < 4.78 is 129. The third kappa shape index (κ3) is 9.85. The first-order valence-electron chi connectivity index (χ1n) is 42.3. The molecule has 5 heterocycles. The zero-order valence-corrected chi connectivity index (χ0v) is 59.0. The van der Waals surface area contributed by atoms with Crippen molar-refractivity contribution in [2.45, 2.75) is 52.4 Å². The first-order chi connectivity index (χ1) is 57.2. The van der Waals surface area contributed by atoms with E-state index in [9.17, 15) is 19.0 Å². The van der Waals surface area contributed by atoms with Gasteiger partial charge in [-0.25, -0.2) is 0 Å². The normalized spacial score (nSPS) is 14.5. The molecule has 6 nitrogen and oxygen atoms in total. The molecule has 502 valence electrons. The number of hydrogen-bond acceptors (Lipinski definition) is 3. The highest BCUT2D eigenvalue weighted by Crippen LogP contribution is 2.51. The summed E-state index contributed by atoms with van der Waals surface area (Å²) in [6.07, 6.45) is 0. The number of fused-ring (bicyclic) bond motifs is 13. The zero-order valence-electron chi connectivity index (χ0n) is 72.0. The quantitative estimate of drug-likeness (QED) is 0.135. The molecule has 0 spiro atoms. The van der Waals surface area contributed by atoms with Gasteiger partial charge in [-0.05, 0) is 198 Å². The minimum atomic E-state index is -0.778. The molecule has 0 fully saturated rings. The van der Waals surface area contributed by atoms with Gasteiger partial charge >= 0.3 is 0 Å². The molecule has 2 aliphatic heterocycles. The van der Waals surface area contributed by atoms with Crippen molar-refractivity contribution in [2.24, 2.45) is 0 Å². The van der Waals surface area contributed by atoms with E-state index in [-0.39, 0.29) is 61.5 Å². The second-order valence-corrected chi connectivity index (χ2v) is 29.8. The van der Waals surface area contributed by atoms with Crippen LogP contribution in [0.5, 0.6) is 0 Å². The second-order valence-electron chi connectivity index (χ2n) is 29.8. The van der Waals surface area contributed by atoms with Crippen molar-refractivity contribution in [2.75, 3.05) is 9.80 Å². The third-order valence-corrected chi connectivity index (χ3v) is 21.7. The monoisotopic (exact) mass is 1370 g/mol. The Morgan fingerprint density at radius 2 is 0.783 bits per heavy atom. The summed E-state index contributed by atoms with van der Waals surface area (Å²) in [5, 5.41) is 16.2. The number of nitriles is 1. The topological polar surface area (TPSA) is 45.1 Å². The van der Waals surface area contributed by atoms with Crippen molar-refractivity contribution >= 4 is 123 Å². The van der Waals surface area contributed by atoms with E-state index in [0.29, 0.717) is 56.3 Å². The van der Waals surface area contributed by atoms with Gasteiger partial charge in [-0.1, -0.05) is 260 Å². The lowest BCUT2D eigenvalue weighted by Crippen LogP contribution is -2.61. The van der Waals surface area contributed by atoms with Gasteiger partial charge in [0.25, 0.3) is 6.71 Å². The van der Waals surface area contributed by atoms with Crippen LogP contribution in [-0.2, 0) is 10.8 Å². The van der Waals surface area contributed by atoms with E-state index in [1.165, 1.54) is 0 Å². The molecule has 0 saturated heterocycles. The van der Waals surface area contributed by atoms with E-state index in [0.717, 1.165) is 99.3 Å². The molecule has 0 N–H and O–H groups in total. The standard InChI is InChI=1S/C99H73BN6/c1-98(2,3)70-44-50-90-82(56-70)83-57-71(99(4,5)6)45-51-91(83)103(90)73-47-48-84-94(59-73)106(93-58-72(46-42-67(93)62-101)102-86-38-22-18-34-78(86)79-35-19-23-39-87(79)102)96-61-75(104-88-40-24-20-36-80(88)81-37-21-25-41-89(81)104)60-95-97(96)100(84)85-55-66(77-33-17-16-32-76(77)65-30-14-9-15-31-65)43-49-92(85)105(95)74-53-68(63-26-10-7-11-27-63)52-69(54-74)64-28-12-8-13-29-64/h7-61H,1-6H3/i9D,14D,15D,20D,21D,24D,25D,30D,31D,36D,37D,40D,41D. The van der Waals surface area contributed by atoms with E-state index < -0.39 is 73.2 Å². The first-order valence-corrected chi connectivity index (χ1v) is 35.8. The van der Waals surface area contributed by atoms with Gasteiger partial charge in [-0.15, -0.1) is 0 Å². The summed E-state index contributed by atoms with van der Waals surface area (Å²) in [5.74, 6) is 0. The average molecular weight is 1370 g/mol. The van der Waals surface area contributed by atoms with Crippen molar-refractivity contribution < 1.29 is 17.8 Å². The minimum absolute atomic E-state index is 0.0361. The van der Waals surface area contributed by atoms with Crippen LogP contribution in [-0.4, -0.2) is 20.4 Å². The van der Waals surface area contributed by atoms with Crippen LogP contribution in [0.25, 0.3) is 127 Å². The molecular weight excluding hydrogens is 1280 g/mol. The molecule has 20 rings (SSSR count). The Morgan fingerprint density at radius 1 is 0.302 bits per heavy atom. The van der Waals surface area contributed by atoms with Crippen LogP contribution < -0.4 is 26.2 Å². The molecule has 15 aromatic carbocycles. The van der Waals surface area contributed by atoms with E-state index >= 15 is 0 Å². The van der Waals surface area contributed by atoms with Crippen LogP contribution in [0.1, 0.15) is 76.1 Å². The fraction of sp³-hybridized carbons (Fsp3) is 0.0808. The van der Waals surface area contributed by atoms with E-state index in [4.69, 9.17) is 4.11 Å². The van der Waals surface area contributed by atoms with Gasteiger partial charge in [0, 0.05) is 72.1 Å². The lowest BCUT2D eigenvalue weighted by molar-refractivity contribution is 0.590. The van der Waals surface area contributed by atoms with Crippen LogP contribution in [0, 0.1) is 11.3 Å². The fourth-order valence-electron chi connectivity index (χ4n) is 16.7. The van der Waals surface area contributed by atoms with Gasteiger partial charge in [-0.3, -0.25) is 0 Å². The lowest BCUT2D eigenvalue weighted by Gasteiger charge is -2.45. The van der Waals surface area contributed by atoms with Crippen molar-refractivity contribution in [3.63, 3.8) is 0 Å². The van der Waals surface area contributed by atoms with Crippen LogP contribution in [0.4, 0.5) is 34.1 Å². The predicted molar refractivity (Wildman–Crippen MR) is 447 cm³/mol. The maximum atomic E-state index is 12.2. The second kappa shape index (κ2) is 24.0. The Labute approximate surface area is 636 Å². The smallest absolute Gasteiger partial charge is 0.252 e. The van der Waals surface area contributed by atoms with Gasteiger partial charge in [0.05, 0.1) is 67.9 Å². The number of anilines is 6. The molecule has 2 aliphatic rings. The first kappa shape index (κ1) is 50.3. The number of rotatable bonds is 9. The molecule has 7 heteroatoms. The van der Waals surface area contributed by atoms with Gasteiger partial charge in [-0.2, -0.15) is 5.26 Å². The summed E-state index contributed by atoms with van der Waals surface area (Å²) in [7, 11) is 0. The Bertz CT molecular complexity index is 7250. The van der Waals surface area contributed by atoms with Gasteiger partial charge < -0.3 is 23.5 Å². The van der Waals surface area contributed by atoms with Crippen LogP contribution in [0.2, 0.25) is 0 Å². The van der Waals surface area contributed by atoms with Gasteiger partial charge in [0.2, 0.25) is 0 Å². The maximum absolute atomic E-state index is 12.2. The van der Waals surface area contributed by atoms with Crippen LogP contribution >= 0.6 is 0 Å². The fourth-order valence-corrected chi connectivity index (χ4v) is 16.7. The molecule has 0 radical (unpaired) electrons. The van der Waals surface area contributed by atoms with Crippen molar-refractivity contribution in [1.29, 1.82) is 5.26 Å². The highest BCUT2D eigenvalue weighted by molar-refractivity contribution is 7.00. The molecule has 18 aromatic rings. The summed E-state index contributed by atoms with van der Waals surface area (Å²) in [4.78, 5) is 4.34. The van der Waals surface area contributed by atoms with Gasteiger partial charge in [0.15, 0.2) is 0 Å². The Morgan fingerprint density at radius 3 is 1.36 bits per heavy atom. The number of para-hydroxylation sites is 4. The largest absolute Gasteiger partial charge is 0.311 e. The van der Waals surface area contributed by atoms with Crippen molar-refractivity contribution in [1.82, 2.24) is 13.7 Å². The highest BCUT2D eigenvalue weighted by atomic mass is 15.2. The van der Waals surface area contributed by atoms with Crippen molar-refractivity contribution in [3.05, 3.63) is 350 Å². The molecule has 106 heavy (non-hydrogen) atoms. The molecule has 3 aromatic heterocycles. The summed E-state index contributed by atoms with van der Waals surface area (Å²) in [6, 6.07) is 82.8. The van der Waals surface area contributed by atoms with E-state index in [1.807, 2.05) is 103 Å². The number of nitrogens with zero attached hydrogens (tertiary/aromatic N) is 6. The van der Waals surface area contributed by atoms with Gasteiger partial charge in [0.1, 0.15) is 6.07 Å². The SMILES string of the molecule is [2H]c1c([2H])c([2H])c(-c2ccccc2-c2ccc3c(c2)B2c4ccc(-n5c6ccc(C(C)(C)C)cc6c6cc(C(C)(C)C)ccc65)cc4N(c4cc(-n5c6ccccc6c6ccccc65)ccc4C#N)c4cc(-n5c6c([2H])c([2H])c([2H])c([2H])c6c6c([2H])c([2H])c([2H])c([2H])c65)cc(c42)N3c2cc(-c3ccccc3)cc(-c3ccccc3)c2)c([2H])c1[2H]. The molecule has 0 unspecified atom stereocenters. The highest BCUT2D eigenvalue weighted by Gasteiger charge is 2.45. The minimum Gasteiger partial charge on any atom is -0.311 e. The summed E-state index contributed by atoms with van der Waals surface area (Å²) >= 11 is 0. The van der Waals surface area contributed by atoms with E-state index in [2.05, 4.69) is 206 Å². The van der Waals surface area contributed by atoms with Crippen molar-refractivity contribution in [3.8, 4) is 67.6 Å². The maximum Gasteiger partial charge on any atom is 0.252 e. The van der Waals surface area contributed by atoms with Crippen LogP contribution in [0.15, 0.2) is 333 Å². The Balaban J connectivity index is 0.984. The molecular formula is C99H73BN6. The number of aromatic nitrogens is 3. The molecule has 0 bridgehead atoms. The number of benzene rings is 15. The number of hydrogen-bond donors (Lipinski definition) is 0. The third-order valence-electron chi connectivity index (χ3n) is 21.7. The zero-order chi connectivity index (χ0) is 82.6. The Kier molecular flexibility index (Phi) is 11.4. The Hall–Kier alpha value is -13.1.